The number of amides is 1. The fourth-order valence-corrected chi connectivity index (χ4v) is 3.87. The van der Waals surface area contributed by atoms with Crippen LogP contribution in [0.4, 0.5) is 5.69 Å². The Labute approximate surface area is 162 Å². The van der Waals surface area contributed by atoms with Gasteiger partial charge in [-0.05, 0) is 43.2 Å². The Balaban J connectivity index is 1.44. The highest BCUT2D eigenvalue weighted by Crippen LogP contribution is 2.32. The number of rotatable bonds is 3. The van der Waals surface area contributed by atoms with Crippen LogP contribution in [0.3, 0.4) is 0 Å². The molecule has 4 aromatic rings. The topological polar surface area (TPSA) is 62.1 Å². The Bertz CT molecular complexity index is 1170. The van der Waals surface area contributed by atoms with E-state index >= 15 is 0 Å². The first-order chi connectivity index (χ1) is 13.7. The van der Waals surface area contributed by atoms with Crippen LogP contribution in [0.1, 0.15) is 18.1 Å². The van der Waals surface area contributed by atoms with E-state index in [9.17, 15) is 4.79 Å². The lowest BCUT2D eigenvalue weighted by Crippen LogP contribution is -2.34. The number of furan rings is 1. The zero-order valence-electron chi connectivity index (χ0n) is 15.4. The Morgan fingerprint density at radius 3 is 2.93 bits per heavy atom. The third-order valence-electron chi connectivity index (χ3n) is 5.19. The second-order valence-electron chi connectivity index (χ2n) is 7.07. The van der Waals surface area contributed by atoms with Crippen LogP contribution in [0.2, 0.25) is 0 Å². The van der Waals surface area contributed by atoms with E-state index in [0.717, 1.165) is 34.3 Å². The number of fused-ring (bicyclic) bond motifs is 2. The smallest absolute Gasteiger partial charge is 0.251 e. The van der Waals surface area contributed by atoms with Crippen LogP contribution < -0.4 is 4.90 Å². The molecule has 1 aliphatic heterocycles. The van der Waals surface area contributed by atoms with Crippen LogP contribution in [0.15, 0.2) is 71.3 Å². The number of hydrogen-bond donors (Lipinski definition) is 1. The molecule has 5 heteroatoms. The second-order valence-corrected chi connectivity index (χ2v) is 7.07. The standard InChI is InChI=1S/C23H19N3O2/c1-15-12-16-6-2-4-8-19(16)26(15)22(27)11-10-18-14-24-25-23(18)21-13-17-7-3-5-9-20(17)28-21/h2-11,13-15H,12H2,1H3,(H,24,25)/b11-10+/t15-/m1/s1. The summed E-state index contributed by atoms with van der Waals surface area (Å²) in [4.78, 5) is 14.7. The number of nitrogens with zero attached hydrogens (tertiary/aromatic N) is 2. The van der Waals surface area contributed by atoms with Crippen LogP contribution in [0.25, 0.3) is 28.5 Å². The van der Waals surface area contributed by atoms with Crippen molar-refractivity contribution in [3.8, 4) is 11.5 Å². The van der Waals surface area contributed by atoms with Crippen LogP contribution in [0.5, 0.6) is 0 Å². The lowest BCUT2D eigenvalue weighted by atomic mass is 10.1. The van der Waals surface area contributed by atoms with Gasteiger partial charge in [-0.25, -0.2) is 0 Å². The molecule has 0 aliphatic carbocycles. The number of nitrogens with one attached hydrogen (secondary N) is 1. The average molecular weight is 369 g/mol. The van der Waals surface area contributed by atoms with Crippen molar-refractivity contribution in [2.24, 2.45) is 0 Å². The predicted molar refractivity (Wildman–Crippen MR) is 110 cm³/mol. The van der Waals surface area contributed by atoms with Crippen LogP contribution in [-0.2, 0) is 11.2 Å². The van der Waals surface area contributed by atoms with Crippen LogP contribution in [0, 0.1) is 0 Å². The monoisotopic (exact) mass is 369 g/mol. The molecule has 0 spiro atoms. The lowest BCUT2D eigenvalue weighted by molar-refractivity contribution is -0.114. The summed E-state index contributed by atoms with van der Waals surface area (Å²) in [7, 11) is 0. The van der Waals surface area contributed by atoms with Crippen molar-refractivity contribution < 1.29 is 9.21 Å². The molecule has 0 fully saturated rings. The second kappa shape index (κ2) is 6.53. The number of hydrogen-bond acceptors (Lipinski definition) is 3. The van der Waals surface area contributed by atoms with Crippen molar-refractivity contribution in [2.45, 2.75) is 19.4 Å². The number of H-pyrrole nitrogens is 1. The average Bonchev–Trinajstić information content (AvgIpc) is 3.41. The van der Waals surface area contributed by atoms with Gasteiger partial charge in [-0.2, -0.15) is 5.10 Å². The third kappa shape index (κ3) is 2.72. The fraction of sp³-hybridized carbons (Fsp3) is 0.130. The SMILES string of the molecule is C[C@@H]1Cc2ccccc2N1C(=O)/C=C/c1cn[nH]c1-c1cc2ccccc2o1. The molecule has 1 amide bonds. The minimum absolute atomic E-state index is 0.0331. The molecule has 1 aliphatic rings. The maximum Gasteiger partial charge on any atom is 0.251 e. The summed E-state index contributed by atoms with van der Waals surface area (Å²) in [5.74, 6) is 0.667. The summed E-state index contributed by atoms with van der Waals surface area (Å²) >= 11 is 0. The molecule has 5 nitrogen and oxygen atoms in total. The van der Waals surface area contributed by atoms with Gasteiger partial charge in [0.25, 0.3) is 5.91 Å². The summed E-state index contributed by atoms with van der Waals surface area (Å²) in [6.45, 7) is 2.07. The molecule has 0 saturated heterocycles. The first-order valence-electron chi connectivity index (χ1n) is 9.32. The van der Waals surface area contributed by atoms with Gasteiger partial charge in [-0.3, -0.25) is 9.89 Å². The van der Waals surface area contributed by atoms with E-state index in [4.69, 9.17) is 4.42 Å². The largest absolute Gasteiger partial charge is 0.454 e. The molecule has 3 heterocycles. The molecule has 1 N–H and O–H groups in total. The Hall–Kier alpha value is -3.60. The highest BCUT2D eigenvalue weighted by Gasteiger charge is 2.29. The first-order valence-corrected chi connectivity index (χ1v) is 9.32. The molecule has 28 heavy (non-hydrogen) atoms. The van der Waals surface area contributed by atoms with Gasteiger partial charge in [0.1, 0.15) is 11.3 Å². The van der Waals surface area contributed by atoms with E-state index in [2.05, 4.69) is 23.2 Å². The van der Waals surface area contributed by atoms with Crippen molar-refractivity contribution in [3.63, 3.8) is 0 Å². The highest BCUT2D eigenvalue weighted by molar-refractivity contribution is 6.06. The van der Waals surface area contributed by atoms with Crippen molar-refractivity contribution in [1.29, 1.82) is 0 Å². The molecule has 1 atom stereocenters. The van der Waals surface area contributed by atoms with E-state index in [1.807, 2.05) is 53.4 Å². The molecule has 0 unspecified atom stereocenters. The molecule has 2 aromatic carbocycles. The Kier molecular flexibility index (Phi) is 3.86. The van der Waals surface area contributed by atoms with E-state index in [0.29, 0.717) is 5.76 Å². The number of para-hydroxylation sites is 2. The molecular weight excluding hydrogens is 350 g/mol. The van der Waals surface area contributed by atoms with Crippen LogP contribution >= 0.6 is 0 Å². The van der Waals surface area contributed by atoms with Crippen molar-refractivity contribution in [3.05, 3.63) is 78.0 Å². The van der Waals surface area contributed by atoms with Gasteiger partial charge in [0.05, 0.1) is 6.20 Å². The van der Waals surface area contributed by atoms with Crippen molar-refractivity contribution >= 4 is 28.6 Å². The minimum Gasteiger partial charge on any atom is -0.454 e. The first kappa shape index (κ1) is 16.6. The minimum atomic E-state index is -0.0331. The molecular formula is C23H19N3O2. The van der Waals surface area contributed by atoms with Crippen molar-refractivity contribution in [1.82, 2.24) is 10.2 Å². The van der Waals surface area contributed by atoms with Crippen molar-refractivity contribution in [2.75, 3.05) is 4.90 Å². The number of aromatic amines is 1. The zero-order chi connectivity index (χ0) is 19.1. The zero-order valence-corrected chi connectivity index (χ0v) is 15.4. The van der Waals surface area contributed by atoms with Gasteiger partial charge in [0.2, 0.25) is 0 Å². The van der Waals surface area contributed by atoms with E-state index in [1.165, 1.54) is 5.56 Å². The molecule has 2 aromatic heterocycles. The molecule has 0 radical (unpaired) electrons. The summed E-state index contributed by atoms with van der Waals surface area (Å²) in [6, 6.07) is 18.0. The van der Waals surface area contributed by atoms with Gasteiger partial charge in [0, 0.05) is 28.8 Å². The lowest BCUT2D eigenvalue weighted by Gasteiger charge is -2.20. The number of aromatic nitrogens is 2. The van der Waals surface area contributed by atoms with E-state index in [1.54, 1.807) is 18.3 Å². The Morgan fingerprint density at radius 2 is 2.04 bits per heavy atom. The van der Waals surface area contributed by atoms with Gasteiger partial charge in [0.15, 0.2) is 5.76 Å². The summed E-state index contributed by atoms with van der Waals surface area (Å²) in [5, 5.41) is 8.14. The van der Waals surface area contributed by atoms with E-state index in [-0.39, 0.29) is 11.9 Å². The summed E-state index contributed by atoms with van der Waals surface area (Å²) in [6.07, 6.45) is 5.98. The fourth-order valence-electron chi connectivity index (χ4n) is 3.87. The third-order valence-corrected chi connectivity index (χ3v) is 5.19. The number of carbonyl (C=O) groups excluding carboxylic acids is 1. The summed E-state index contributed by atoms with van der Waals surface area (Å²) < 4.78 is 5.92. The van der Waals surface area contributed by atoms with Gasteiger partial charge in [-0.15, -0.1) is 0 Å². The Morgan fingerprint density at radius 1 is 1.21 bits per heavy atom. The van der Waals surface area contributed by atoms with Crippen LogP contribution in [-0.4, -0.2) is 22.1 Å². The number of anilines is 1. The maximum absolute atomic E-state index is 12.9. The molecule has 0 bridgehead atoms. The predicted octanol–water partition coefficient (Wildman–Crippen LogP) is 4.81. The molecule has 138 valence electrons. The molecule has 5 rings (SSSR count). The van der Waals surface area contributed by atoms with Gasteiger partial charge >= 0.3 is 0 Å². The summed E-state index contributed by atoms with van der Waals surface area (Å²) in [5.41, 5.74) is 4.60. The number of benzene rings is 2. The number of carbonyl (C=O) groups is 1. The normalized spacial score (nSPS) is 16.2. The maximum atomic E-state index is 12.9. The van der Waals surface area contributed by atoms with E-state index < -0.39 is 0 Å². The highest BCUT2D eigenvalue weighted by atomic mass is 16.3. The molecule has 0 saturated carbocycles. The van der Waals surface area contributed by atoms with Gasteiger partial charge in [-0.1, -0.05) is 36.4 Å². The quantitative estimate of drug-likeness (QED) is 0.527. The van der Waals surface area contributed by atoms with Gasteiger partial charge < -0.3 is 9.32 Å².